The molecule has 37 heavy (non-hydrogen) atoms. The third-order valence-electron chi connectivity index (χ3n) is 7.48. The van der Waals surface area contributed by atoms with Crippen molar-refractivity contribution in [2.24, 2.45) is 5.92 Å². The minimum Gasteiger partial charge on any atom is -0.409 e. The molecule has 5 rings (SSSR count). The van der Waals surface area contributed by atoms with Crippen LogP contribution in [0, 0.1) is 11.7 Å². The molecule has 1 saturated carbocycles. The second-order valence-electron chi connectivity index (χ2n) is 10.0. The van der Waals surface area contributed by atoms with Gasteiger partial charge in [-0.2, -0.15) is 0 Å². The van der Waals surface area contributed by atoms with E-state index in [1.807, 2.05) is 37.3 Å². The fourth-order valence-corrected chi connectivity index (χ4v) is 5.41. The summed E-state index contributed by atoms with van der Waals surface area (Å²) in [5.74, 6) is 0.145. The first kappa shape index (κ1) is 25.1. The number of aromatic nitrogens is 1. The summed E-state index contributed by atoms with van der Waals surface area (Å²) < 4.78 is 20.4. The van der Waals surface area contributed by atoms with Gasteiger partial charge in [-0.25, -0.2) is 14.2 Å². The molecule has 0 unspecified atom stereocenters. The Bertz CT molecular complexity index is 1280. The molecule has 2 N–H and O–H groups in total. The van der Waals surface area contributed by atoms with Crippen molar-refractivity contribution in [3.05, 3.63) is 59.9 Å². The predicted molar refractivity (Wildman–Crippen MR) is 141 cm³/mol. The van der Waals surface area contributed by atoms with Crippen LogP contribution < -0.4 is 15.4 Å². The number of amides is 2. The highest BCUT2D eigenvalue weighted by atomic mass is 19.1. The van der Waals surface area contributed by atoms with E-state index in [9.17, 15) is 14.0 Å². The number of nitrogens with one attached hydrogen (secondary N) is 2. The van der Waals surface area contributed by atoms with Gasteiger partial charge >= 0.3 is 6.09 Å². The minimum atomic E-state index is -0.582. The first-order valence-electron chi connectivity index (χ1n) is 13.1. The van der Waals surface area contributed by atoms with Gasteiger partial charge in [-0.3, -0.25) is 4.79 Å². The van der Waals surface area contributed by atoms with Gasteiger partial charge in [0, 0.05) is 35.6 Å². The third-order valence-corrected chi connectivity index (χ3v) is 7.48. The molecule has 1 atom stereocenters. The van der Waals surface area contributed by atoms with Crippen molar-refractivity contribution in [1.29, 1.82) is 0 Å². The number of hydrogen-bond donors (Lipinski definition) is 2. The van der Waals surface area contributed by atoms with Crippen LogP contribution >= 0.6 is 0 Å². The summed E-state index contributed by atoms with van der Waals surface area (Å²) in [6, 6.07) is 13.8. The van der Waals surface area contributed by atoms with E-state index >= 15 is 0 Å². The molecule has 194 valence electrons. The molecule has 2 heterocycles. The van der Waals surface area contributed by atoms with E-state index in [0.717, 1.165) is 18.4 Å². The Hall–Kier alpha value is -3.52. The molecule has 0 bridgehead atoms. The summed E-state index contributed by atoms with van der Waals surface area (Å²) in [4.78, 5) is 32.5. The molecular weight excluding hydrogens is 471 g/mol. The van der Waals surface area contributed by atoms with E-state index in [-0.39, 0.29) is 30.8 Å². The molecule has 1 aromatic heterocycles. The van der Waals surface area contributed by atoms with Gasteiger partial charge in [-0.1, -0.05) is 49.6 Å². The summed E-state index contributed by atoms with van der Waals surface area (Å²) in [6.07, 6.45) is 5.16. The summed E-state index contributed by atoms with van der Waals surface area (Å²) >= 11 is 0. The molecule has 8 heteroatoms. The Kier molecular flexibility index (Phi) is 7.65. The quantitative estimate of drug-likeness (QED) is 0.492. The Morgan fingerprint density at radius 3 is 2.73 bits per heavy atom. The number of hydrogen-bond acceptors (Lipinski definition) is 5. The van der Waals surface area contributed by atoms with Crippen LogP contribution in [0.2, 0.25) is 0 Å². The molecule has 0 spiro atoms. The fourth-order valence-electron chi connectivity index (χ4n) is 5.41. The molecule has 7 nitrogen and oxygen atoms in total. The van der Waals surface area contributed by atoms with Crippen molar-refractivity contribution < 1.29 is 18.7 Å². The van der Waals surface area contributed by atoms with E-state index in [2.05, 4.69) is 10.6 Å². The lowest BCUT2D eigenvalue weighted by Gasteiger charge is -2.30. The highest BCUT2D eigenvalue weighted by Crippen LogP contribution is 2.37. The van der Waals surface area contributed by atoms with Gasteiger partial charge in [0.15, 0.2) is 0 Å². The van der Waals surface area contributed by atoms with E-state index < -0.39 is 11.9 Å². The van der Waals surface area contributed by atoms with Crippen LogP contribution in [0.3, 0.4) is 0 Å². The van der Waals surface area contributed by atoms with Gasteiger partial charge in [0.1, 0.15) is 11.6 Å². The number of nitrogens with zero attached hydrogens (tertiary/aromatic N) is 2. The average molecular weight is 505 g/mol. The first-order chi connectivity index (χ1) is 18.0. The van der Waals surface area contributed by atoms with Gasteiger partial charge in [-0.15, -0.1) is 0 Å². The van der Waals surface area contributed by atoms with Crippen LogP contribution in [0.25, 0.3) is 22.2 Å². The lowest BCUT2D eigenvalue weighted by Crippen LogP contribution is -2.47. The SMILES string of the molecule is C[C@H](NC(=O)Oc1c(CN2CCNCC2=O)c(-c2ccccc2)nc2ccc(F)cc12)C1CCCCC1. The number of carbonyl (C=O) groups is 2. The normalized spacial score (nSPS) is 17.6. The number of halogens is 1. The topological polar surface area (TPSA) is 83.6 Å². The molecule has 0 radical (unpaired) electrons. The van der Waals surface area contributed by atoms with E-state index in [0.29, 0.717) is 41.2 Å². The Morgan fingerprint density at radius 1 is 1.19 bits per heavy atom. The van der Waals surface area contributed by atoms with Crippen LogP contribution in [-0.2, 0) is 11.3 Å². The fraction of sp³-hybridized carbons (Fsp3) is 0.414. The third kappa shape index (κ3) is 5.74. The highest BCUT2D eigenvalue weighted by Gasteiger charge is 2.27. The number of piperazine rings is 1. The summed E-state index contributed by atoms with van der Waals surface area (Å²) in [6.45, 7) is 3.63. The Morgan fingerprint density at radius 2 is 1.97 bits per heavy atom. The van der Waals surface area contributed by atoms with Crippen molar-refractivity contribution in [1.82, 2.24) is 20.5 Å². The zero-order chi connectivity index (χ0) is 25.8. The maximum Gasteiger partial charge on any atom is 0.412 e. The largest absolute Gasteiger partial charge is 0.412 e. The number of pyridine rings is 1. The standard InChI is InChI=1S/C29H33FN4O3/c1-19(20-8-4-2-5-9-20)32-29(36)37-28-23-16-22(30)12-13-25(23)33-27(21-10-6-3-7-11-21)24(28)18-34-15-14-31-17-26(34)35/h3,6-7,10-13,16,19-20,31H,2,4-5,8-9,14-15,17-18H2,1H3,(H,32,36)/t19-/m0/s1. The maximum absolute atomic E-state index is 14.4. The molecule has 1 saturated heterocycles. The Balaban J connectivity index is 1.57. The first-order valence-corrected chi connectivity index (χ1v) is 13.1. The number of fused-ring (bicyclic) bond motifs is 1. The molecule has 2 aromatic carbocycles. The highest BCUT2D eigenvalue weighted by molar-refractivity contribution is 5.93. The van der Waals surface area contributed by atoms with Gasteiger partial charge in [-0.05, 0) is 43.9 Å². The van der Waals surface area contributed by atoms with Crippen LogP contribution in [0.4, 0.5) is 9.18 Å². The van der Waals surface area contributed by atoms with Crippen LogP contribution in [0.15, 0.2) is 48.5 Å². The smallest absolute Gasteiger partial charge is 0.409 e. The lowest BCUT2D eigenvalue weighted by molar-refractivity contribution is -0.132. The lowest BCUT2D eigenvalue weighted by atomic mass is 9.85. The van der Waals surface area contributed by atoms with Crippen molar-refractivity contribution in [3.63, 3.8) is 0 Å². The predicted octanol–water partition coefficient (Wildman–Crippen LogP) is 5.03. The molecule has 2 amide bonds. The summed E-state index contributed by atoms with van der Waals surface area (Å²) in [5.41, 5.74) is 2.53. The number of rotatable bonds is 6. The zero-order valence-corrected chi connectivity index (χ0v) is 21.1. The molecule has 2 aliphatic rings. The second-order valence-corrected chi connectivity index (χ2v) is 10.0. The minimum absolute atomic E-state index is 0.0376. The molecule has 1 aliphatic heterocycles. The van der Waals surface area contributed by atoms with Gasteiger partial charge in [0.05, 0.1) is 24.3 Å². The molecule has 1 aliphatic carbocycles. The van der Waals surface area contributed by atoms with E-state index in [1.54, 1.807) is 11.0 Å². The van der Waals surface area contributed by atoms with Crippen LogP contribution in [0.1, 0.15) is 44.6 Å². The van der Waals surface area contributed by atoms with Crippen molar-refractivity contribution in [3.8, 4) is 17.0 Å². The molecule has 3 aromatic rings. The van der Waals surface area contributed by atoms with Crippen LogP contribution in [0.5, 0.6) is 5.75 Å². The molecular formula is C29H33FN4O3. The number of carbonyl (C=O) groups excluding carboxylic acids is 2. The van der Waals surface area contributed by atoms with Crippen LogP contribution in [-0.4, -0.2) is 47.6 Å². The van der Waals surface area contributed by atoms with Crippen molar-refractivity contribution in [2.45, 2.75) is 51.6 Å². The number of benzene rings is 2. The molecule has 2 fully saturated rings. The van der Waals surface area contributed by atoms with E-state index in [1.165, 1.54) is 31.4 Å². The Labute approximate surface area is 216 Å². The van der Waals surface area contributed by atoms with Gasteiger partial charge in [0.25, 0.3) is 0 Å². The maximum atomic E-state index is 14.4. The zero-order valence-electron chi connectivity index (χ0n) is 21.1. The van der Waals surface area contributed by atoms with Gasteiger partial charge < -0.3 is 20.3 Å². The van der Waals surface area contributed by atoms with Crippen molar-refractivity contribution in [2.75, 3.05) is 19.6 Å². The van der Waals surface area contributed by atoms with Crippen molar-refractivity contribution >= 4 is 22.9 Å². The monoisotopic (exact) mass is 504 g/mol. The summed E-state index contributed by atoms with van der Waals surface area (Å²) in [5, 5.41) is 6.49. The van der Waals surface area contributed by atoms with Gasteiger partial charge in [0.2, 0.25) is 5.91 Å². The van der Waals surface area contributed by atoms with E-state index in [4.69, 9.17) is 9.72 Å². The number of ether oxygens (including phenoxy) is 1. The second kappa shape index (κ2) is 11.3. The summed E-state index contributed by atoms with van der Waals surface area (Å²) in [7, 11) is 0. The average Bonchev–Trinajstić information content (AvgIpc) is 2.92.